The van der Waals surface area contributed by atoms with Gasteiger partial charge in [-0.1, -0.05) is 6.07 Å². The van der Waals surface area contributed by atoms with Gasteiger partial charge < -0.3 is 5.11 Å². The van der Waals surface area contributed by atoms with Gasteiger partial charge in [0, 0.05) is 4.88 Å². The zero-order chi connectivity index (χ0) is 11.1. The fourth-order valence-corrected chi connectivity index (χ4v) is 2.61. The molecule has 0 amide bonds. The number of thiophene rings is 1. The molecule has 1 N–H and O–H groups in total. The van der Waals surface area contributed by atoms with Crippen LogP contribution in [0.5, 0.6) is 5.88 Å². The summed E-state index contributed by atoms with van der Waals surface area (Å²) in [5.74, 6) is 1.02. The molecule has 0 radical (unpaired) electrons. The van der Waals surface area contributed by atoms with Crippen LogP contribution in [0.25, 0.3) is 16.2 Å². The summed E-state index contributed by atoms with van der Waals surface area (Å²) in [5, 5.41) is 9.84. The van der Waals surface area contributed by atoms with Gasteiger partial charge in [0.05, 0.1) is 16.6 Å². The van der Waals surface area contributed by atoms with Crippen LogP contribution < -0.4 is 0 Å². The van der Waals surface area contributed by atoms with Crippen molar-refractivity contribution in [2.45, 2.75) is 6.92 Å². The van der Waals surface area contributed by atoms with E-state index in [0.29, 0.717) is 0 Å². The van der Waals surface area contributed by atoms with Crippen molar-refractivity contribution in [1.29, 1.82) is 0 Å². The second-order valence-electron chi connectivity index (χ2n) is 3.64. The third-order valence-electron chi connectivity index (χ3n) is 2.49. The van der Waals surface area contributed by atoms with Crippen molar-refractivity contribution in [2.75, 3.05) is 0 Å². The van der Waals surface area contributed by atoms with Crippen molar-refractivity contribution in [3.63, 3.8) is 0 Å². The van der Waals surface area contributed by atoms with Gasteiger partial charge in [-0.15, -0.1) is 11.3 Å². The van der Waals surface area contributed by atoms with Gasteiger partial charge in [-0.25, -0.2) is 4.98 Å². The first-order valence-corrected chi connectivity index (χ1v) is 5.79. The van der Waals surface area contributed by atoms with Crippen molar-refractivity contribution in [3.8, 4) is 16.6 Å². The van der Waals surface area contributed by atoms with E-state index in [1.807, 2.05) is 18.2 Å². The molecule has 0 bridgehead atoms. The lowest BCUT2D eigenvalue weighted by atomic mass is 10.4. The van der Waals surface area contributed by atoms with Crippen molar-refractivity contribution in [2.24, 2.45) is 0 Å². The Morgan fingerprint density at radius 1 is 1.25 bits per heavy atom. The maximum atomic E-state index is 9.84. The normalized spacial score (nSPS) is 11.1. The highest BCUT2D eigenvalue weighted by atomic mass is 32.1. The Hall–Kier alpha value is -1.81. The average molecular weight is 230 g/mol. The lowest BCUT2D eigenvalue weighted by molar-refractivity contribution is 0.447. The van der Waals surface area contributed by atoms with E-state index < -0.39 is 0 Å². The van der Waals surface area contributed by atoms with Gasteiger partial charge in [-0.2, -0.15) is 0 Å². The summed E-state index contributed by atoms with van der Waals surface area (Å²) >= 11 is 1.67. The van der Waals surface area contributed by atoms with Gasteiger partial charge in [-0.05, 0) is 31.2 Å². The van der Waals surface area contributed by atoms with Crippen LogP contribution in [0, 0.1) is 6.92 Å². The largest absolute Gasteiger partial charge is 0.494 e. The maximum absolute atomic E-state index is 9.84. The second kappa shape index (κ2) is 3.35. The second-order valence-corrected chi connectivity index (χ2v) is 4.92. The summed E-state index contributed by atoms with van der Waals surface area (Å²) in [6.45, 7) is 2.06. The van der Waals surface area contributed by atoms with Crippen molar-refractivity contribution < 1.29 is 5.11 Å². The van der Waals surface area contributed by atoms with Crippen LogP contribution in [0.15, 0.2) is 36.5 Å². The highest BCUT2D eigenvalue weighted by molar-refractivity contribution is 7.15. The average Bonchev–Trinajstić information content (AvgIpc) is 2.84. The van der Waals surface area contributed by atoms with E-state index >= 15 is 0 Å². The molecule has 0 spiro atoms. The summed E-state index contributed by atoms with van der Waals surface area (Å²) in [6, 6.07) is 9.49. The topological polar surface area (TPSA) is 37.5 Å². The maximum Gasteiger partial charge on any atom is 0.197 e. The fourth-order valence-electron chi connectivity index (χ4n) is 1.76. The van der Waals surface area contributed by atoms with E-state index in [-0.39, 0.29) is 5.88 Å². The molecule has 3 heterocycles. The Labute approximate surface area is 96.6 Å². The van der Waals surface area contributed by atoms with E-state index in [1.54, 1.807) is 28.0 Å². The highest BCUT2D eigenvalue weighted by Gasteiger charge is 2.10. The van der Waals surface area contributed by atoms with E-state index in [0.717, 1.165) is 16.2 Å². The Bertz CT molecular complexity index is 654. The summed E-state index contributed by atoms with van der Waals surface area (Å²) in [6.07, 6.45) is 1.77. The minimum atomic E-state index is 0.219. The predicted octanol–water partition coefficient (Wildman–Crippen LogP) is 3.08. The van der Waals surface area contributed by atoms with Crippen molar-refractivity contribution in [3.05, 3.63) is 41.4 Å². The number of hydrogen-bond donors (Lipinski definition) is 1. The number of rotatable bonds is 1. The SMILES string of the molecule is Cc1ccc(-c2ncc3cccc(O)n23)s1. The standard InChI is InChI=1S/C12H10N2OS/c1-8-5-6-10(16-8)12-13-7-9-3-2-4-11(15)14(9)12/h2-7,15H,1H3. The Kier molecular flexibility index (Phi) is 1.97. The molecule has 4 heteroatoms. The van der Waals surface area contributed by atoms with Crippen molar-refractivity contribution in [1.82, 2.24) is 9.38 Å². The van der Waals surface area contributed by atoms with E-state index in [2.05, 4.69) is 18.0 Å². The van der Waals surface area contributed by atoms with E-state index in [9.17, 15) is 5.11 Å². The monoisotopic (exact) mass is 230 g/mol. The van der Waals surface area contributed by atoms with Gasteiger partial charge in [0.2, 0.25) is 0 Å². The number of pyridine rings is 1. The third kappa shape index (κ3) is 1.31. The van der Waals surface area contributed by atoms with Gasteiger partial charge >= 0.3 is 0 Å². The van der Waals surface area contributed by atoms with Crippen molar-refractivity contribution >= 4 is 16.9 Å². The molecule has 0 unspecified atom stereocenters. The molecule has 0 atom stereocenters. The molecule has 0 aliphatic heterocycles. The van der Waals surface area contributed by atoms with Crippen LogP contribution in [-0.2, 0) is 0 Å². The quantitative estimate of drug-likeness (QED) is 0.697. The minimum absolute atomic E-state index is 0.219. The van der Waals surface area contributed by atoms with Crippen LogP contribution in [-0.4, -0.2) is 14.5 Å². The Morgan fingerprint density at radius 3 is 2.88 bits per heavy atom. The van der Waals surface area contributed by atoms with Gasteiger partial charge in [0.25, 0.3) is 0 Å². The lowest BCUT2D eigenvalue weighted by Gasteiger charge is -2.01. The van der Waals surface area contributed by atoms with Crippen LogP contribution >= 0.6 is 11.3 Å². The summed E-state index contributed by atoms with van der Waals surface area (Å²) in [7, 11) is 0. The van der Waals surface area contributed by atoms with Gasteiger partial charge in [-0.3, -0.25) is 4.40 Å². The zero-order valence-corrected chi connectivity index (χ0v) is 9.53. The minimum Gasteiger partial charge on any atom is -0.494 e. The number of imidazole rings is 1. The molecule has 3 aromatic heterocycles. The molecule has 3 nitrogen and oxygen atoms in total. The fraction of sp³-hybridized carbons (Fsp3) is 0.0833. The molecular weight excluding hydrogens is 220 g/mol. The zero-order valence-electron chi connectivity index (χ0n) is 8.71. The predicted molar refractivity (Wildman–Crippen MR) is 64.9 cm³/mol. The molecule has 3 rings (SSSR count). The summed E-state index contributed by atoms with van der Waals surface area (Å²) in [5.41, 5.74) is 0.904. The smallest absolute Gasteiger partial charge is 0.197 e. The molecule has 0 aliphatic rings. The molecule has 80 valence electrons. The molecule has 0 saturated heterocycles. The van der Waals surface area contributed by atoms with Crippen LogP contribution in [0.4, 0.5) is 0 Å². The molecule has 16 heavy (non-hydrogen) atoms. The lowest BCUT2D eigenvalue weighted by Crippen LogP contribution is -1.87. The van der Waals surface area contributed by atoms with Gasteiger partial charge in [0.15, 0.2) is 11.7 Å². The number of nitrogens with zero attached hydrogens (tertiary/aromatic N) is 2. The molecule has 0 aliphatic carbocycles. The molecule has 0 fully saturated rings. The van der Waals surface area contributed by atoms with E-state index in [4.69, 9.17) is 0 Å². The first-order valence-electron chi connectivity index (χ1n) is 4.98. The van der Waals surface area contributed by atoms with Crippen LogP contribution in [0.2, 0.25) is 0 Å². The number of fused-ring (bicyclic) bond motifs is 1. The van der Waals surface area contributed by atoms with Crippen LogP contribution in [0.1, 0.15) is 4.88 Å². The Balaban J connectivity index is 2.32. The van der Waals surface area contributed by atoms with E-state index in [1.165, 1.54) is 4.88 Å². The molecule has 3 aromatic rings. The van der Waals surface area contributed by atoms with Crippen LogP contribution in [0.3, 0.4) is 0 Å². The first-order chi connectivity index (χ1) is 7.75. The highest BCUT2D eigenvalue weighted by Crippen LogP contribution is 2.29. The summed E-state index contributed by atoms with van der Waals surface area (Å²) < 4.78 is 1.76. The molecule has 0 aromatic carbocycles. The number of aromatic hydroxyl groups is 1. The third-order valence-corrected chi connectivity index (χ3v) is 3.49. The molecule has 0 saturated carbocycles. The number of aryl methyl sites for hydroxylation is 1. The Morgan fingerprint density at radius 2 is 2.12 bits per heavy atom. The molecular formula is C12H10N2OS. The first kappa shape index (κ1) is 9.42. The number of hydrogen-bond acceptors (Lipinski definition) is 3. The number of aromatic nitrogens is 2. The summed E-state index contributed by atoms with van der Waals surface area (Å²) in [4.78, 5) is 6.66. The van der Waals surface area contributed by atoms with Gasteiger partial charge in [0.1, 0.15) is 0 Å².